The van der Waals surface area contributed by atoms with Crippen molar-refractivity contribution in [2.45, 2.75) is 37.3 Å². The van der Waals surface area contributed by atoms with Gasteiger partial charge in [-0.05, 0) is 32.4 Å². The number of rotatable bonds is 5. The molecule has 0 aromatic heterocycles. The number of nitrogens with one attached hydrogen (secondary N) is 1. The predicted molar refractivity (Wildman–Crippen MR) is 71.6 cm³/mol. The molecule has 1 aromatic rings. The Bertz CT molecular complexity index is 514. The highest BCUT2D eigenvalue weighted by atomic mass is 32.2. The minimum atomic E-state index is -3.83. The van der Waals surface area contributed by atoms with Crippen LogP contribution in [0.25, 0.3) is 0 Å². The van der Waals surface area contributed by atoms with Crippen molar-refractivity contribution in [3.05, 3.63) is 18.2 Å². The summed E-state index contributed by atoms with van der Waals surface area (Å²) in [5, 5.41) is 17.4. The molecule has 0 spiro atoms. The third kappa shape index (κ3) is 3.86. The van der Waals surface area contributed by atoms with Gasteiger partial charge in [0.25, 0.3) is 0 Å². The number of aliphatic hydroxyl groups is 1. The molecule has 1 aromatic carbocycles. The highest BCUT2D eigenvalue weighted by Gasteiger charge is 2.16. The van der Waals surface area contributed by atoms with E-state index in [0.717, 1.165) is 0 Å². The minimum absolute atomic E-state index is 0.0389. The van der Waals surface area contributed by atoms with Crippen molar-refractivity contribution in [2.75, 3.05) is 11.1 Å². The number of nitrogen functional groups attached to an aromatic ring is 1. The zero-order chi connectivity index (χ0) is 13.9. The summed E-state index contributed by atoms with van der Waals surface area (Å²) in [6.07, 6.45) is 0.0779. The van der Waals surface area contributed by atoms with Gasteiger partial charge in [0.1, 0.15) is 4.90 Å². The molecule has 18 heavy (non-hydrogen) atoms. The lowest BCUT2D eigenvalue weighted by atomic mass is 10.1. The number of hydrogen-bond acceptors (Lipinski definition) is 5. The fourth-order valence-electron chi connectivity index (χ4n) is 1.75. The van der Waals surface area contributed by atoms with Gasteiger partial charge in [-0.3, -0.25) is 0 Å². The maximum absolute atomic E-state index is 11.3. The predicted octanol–water partition coefficient (Wildman–Crippen LogP) is 0.488. The molecule has 0 amide bonds. The number of hydrogen-bond donors (Lipinski definition) is 4. The molecule has 0 aliphatic heterocycles. The first kappa shape index (κ1) is 14.7. The van der Waals surface area contributed by atoms with Gasteiger partial charge in [-0.15, -0.1) is 0 Å². The Hall–Kier alpha value is -1.31. The van der Waals surface area contributed by atoms with Crippen LogP contribution in [0.2, 0.25) is 0 Å². The number of anilines is 2. The van der Waals surface area contributed by atoms with Crippen LogP contribution in [-0.2, 0) is 10.0 Å². The normalized spacial score (nSPS) is 15.1. The summed E-state index contributed by atoms with van der Waals surface area (Å²) in [7, 11) is -3.83. The van der Waals surface area contributed by atoms with Gasteiger partial charge in [-0.2, -0.15) is 0 Å². The Morgan fingerprint density at radius 3 is 2.50 bits per heavy atom. The number of sulfonamides is 1. The summed E-state index contributed by atoms with van der Waals surface area (Å²) >= 11 is 0. The van der Waals surface area contributed by atoms with Crippen LogP contribution in [0, 0.1) is 0 Å². The number of para-hydroxylation sites is 1. The molecule has 2 unspecified atom stereocenters. The molecule has 6 nitrogen and oxygen atoms in total. The molecule has 0 aliphatic carbocycles. The van der Waals surface area contributed by atoms with Crippen LogP contribution < -0.4 is 16.2 Å². The number of primary sulfonamides is 1. The SMILES string of the molecule is CC(O)CC(C)Nc1cccc(S(N)(=O)=O)c1N. The Labute approximate surface area is 107 Å². The molecule has 0 radical (unpaired) electrons. The lowest BCUT2D eigenvalue weighted by Gasteiger charge is -2.19. The summed E-state index contributed by atoms with van der Waals surface area (Å²) < 4.78 is 22.6. The topological polar surface area (TPSA) is 118 Å². The second kappa shape index (κ2) is 5.55. The summed E-state index contributed by atoms with van der Waals surface area (Å²) in [6.45, 7) is 3.55. The third-order valence-corrected chi connectivity index (χ3v) is 3.44. The van der Waals surface area contributed by atoms with E-state index in [2.05, 4.69) is 5.32 Å². The van der Waals surface area contributed by atoms with Crippen LogP contribution in [0.3, 0.4) is 0 Å². The van der Waals surface area contributed by atoms with Crippen LogP contribution in [0.15, 0.2) is 23.1 Å². The first-order chi connectivity index (χ1) is 8.21. The van der Waals surface area contributed by atoms with Crippen LogP contribution in [0.5, 0.6) is 0 Å². The molecular formula is C11H19N3O3S. The Balaban J connectivity index is 2.98. The van der Waals surface area contributed by atoms with Crippen molar-refractivity contribution in [1.29, 1.82) is 0 Å². The van der Waals surface area contributed by atoms with Gasteiger partial charge in [0.05, 0.1) is 17.5 Å². The van der Waals surface area contributed by atoms with Crippen LogP contribution in [-0.4, -0.2) is 25.7 Å². The van der Waals surface area contributed by atoms with Gasteiger partial charge >= 0.3 is 0 Å². The summed E-state index contributed by atoms with van der Waals surface area (Å²) in [4.78, 5) is -0.100. The summed E-state index contributed by atoms with van der Waals surface area (Å²) in [5.74, 6) is 0. The number of aliphatic hydroxyl groups excluding tert-OH is 1. The zero-order valence-corrected chi connectivity index (χ0v) is 11.2. The average molecular weight is 273 g/mol. The van der Waals surface area contributed by atoms with Crippen molar-refractivity contribution >= 4 is 21.4 Å². The van der Waals surface area contributed by atoms with Gasteiger partial charge in [0.15, 0.2) is 0 Å². The maximum Gasteiger partial charge on any atom is 0.240 e. The van der Waals surface area contributed by atoms with E-state index < -0.39 is 16.1 Å². The molecule has 7 heteroatoms. The molecule has 6 N–H and O–H groups in total. The lowest BCUT2D eigenvalue weighted by molar-refractivity contribution is 0.179. The average Bonchev–Trinajstić information content (AvgIpc) is 2.18. The summed E-state index contributed by atoms with van der Waals surface area (Å²) in [6, 6.07) is 4.55. The molecule has 0 heterocycles. The third-order valence-electron chi connectivity index (χ3n) is 2.47. The Morgan fingerprint density at radius 1 is 1.39 bits per heavy atom. The first-order valence-corrected chi connectivity index (χ1v) is 7.12. The fourth-order valence-corrected chi connectivity index (χ4v) is 2.44. The van der Waals surface area contributed by atoms with Gasteiger partial charge < -0.3 is 16.2 Å². The zero-order valence-electron chi connectivity index (χ0n) is 10.4. The second-order valence-corrected chi connectivity index (χ2v) is 5.92. The van der Waals surface area contributed by atoms with E-state index in [0.29, 0.717) is 12.1 Å². The summed E-state index contributed by atoms with van der Waals surface area (Å²) in [5.41, 5.74) is 6.35. The monoisotopic (exact) mass is 273 g/mol. The van der Waals surface area contributed by atoms with Gasteiger partial charge in [0, 0.05) is 6.04 Å². The van der Waals surface area contributed by atoms with E-state index in [-0.39, 0.29) is 16.6 Å². The maximum atomic E-state index is 11.3. The molecule has 0 aliphatic rings. The second-order valence-electron chi connectivity index (χ2n) is 4.39. The molecule has 0 bridgehead atoms. The quantitative estimate of drug-likeness (QED) is 0.582. The smallest absolute Gasteiger partial charge is 0.240 e. The van der Waals surface area contributed by atoms with Crippen molar-refractivity contribution in [3.8, 4) is 0 Å². The largest absolute Gasteiger partial charge is 0.396 e. The van der Waals surface area contributed by atoms with E-state index >= 15 is 0 Å². The van der Waals surface area contributed by atoms with E-state index in [1.54, 1.807) is 19.1 Å². The highest BCUT2D eigenvalue weighted by Crippen LogP contribution is 2.26. The molecule has 0 saturated carbocycles. The molecule has 102 valence electrons. The van der Waals surface area contributed by atoms with Crippen LogP contribution in [0.4, 0.5) is 11.4 Å². The molecular weight excluding hydrogens is 254 g/mol. The van der Waals surface area contributed by atoms with Crippen molar-refractivity contribution < 1.29 is 13.5 Å². The van der Waals surface area contributed by atoms with Gasteiger partial charge in [-0.25, -0.2) is 13.6 Å². The minimum Gasteiger partial charge on any atom is -0.396 e. The number of nitrogens with two attached hydrogens (primary N) is 2. The van der Waals surface area contributed by atoms with E-state index in [1.165, 1.54) is 6.07 Å². The standard InChI is InChI=1S/C11H19N3O3S/c1-7(6-8(2)15)14-9-4-3-5-10(11(9)12)18(13,16)17/h3-5,7-8,14-15H,6,12H2,1-2H3,(H2,13,16,17). The van der Waals surface area contributed by atoms with E-state index in [9.17, 15) is 13.5 Å². The van der Waals surface area contributed by atoms with Crippen LogP contribution >= 0.6 is 0 Å². The fraction of sp³-hybridized carbons (Fsp3) is 0.455. The van der Waals surface area contributed by atoms with Crippen molar-refractivity contribution in [2.24, 2.45) is 5.14 Å². The molecule has 0 fully saturated rings. The molecule has 0 saturated heterocycles. The van der Waals surface area contributed by atoms with E-state index in [1.807, 2.05) is 6.92 Å². The first-order valence-electron chi connectivity index (χ1n) is 5.57. The number of benzene rings is 1. The Morgan fingerprint density at radius 2 is 2.00 bits per heavy atom. The van der Waals surface area contributed by atoms with Gasteiger partial charge in [0.2, 0.25) is 10.0 Å². The van der Waals surface area contributed by atoms with E-state index in [4.69, 9.17) is 10.9 Å². The molecule has 2 atom stereocenters. The lowest BCUT2D eigenvalue weighted by Crippen LogP contribution is -2.22. The van der Waals surface area contributed by atoms with Crippen molar-refractivity contribution in [1.82, 2.24) is 0 Å². The Kier molecular flexibility index (Phi) is 4.55. The van der Waals surface area contributed by atoms with Crippen LogP contribution in [0.1, 0.15) is 20.3 Å². The van der Waals surface area contributed by atoms with Crippen molar-refractivity contribution in [3.63, 3.8) is 0 Å². The highest BCUT2D eigenvalue weighted by molar-refractivity contribution is 7.89. The van der Waals surface area contributed by atoms with Gasteiger partial charge in [-0.1, -0.05) is 6.07 Å². The molecule has 1 rings (SSSR count).